The zero-order valence-electron chi connectivity index (χ0n) is 9.26. The molecule has 0 saturated heterocycles. The summed E-state index contributed by atoms with van der Waals surface area (Å²) in [4.78, 5) is 0. The molecule has 2 aliphatic carbocycles. The van der Waals surface area contributed by atoms with Gasteiger partial charge in [-0.05, 0) is 36.5 Å². The molecule has 2 aliphatic rings. The number of hydrogen-bond donors (Lipinski definition) is 0. The zero-order chi connectivity index (χ0) is 9.26. The first-order chi connectivity index (χ1) is 6.27. The molecule has 0 radical (unpaired) electrons. The molecule has 0 bridgehead atoms. The summed E-state index contributed by atoms with van der Waals surface area (Å²) in [5.41, 5.74) is 0. The van der Waals surface area contributed by atoms with Crippen LogP contribution in [0.2, 0.25) is 0 Å². The highest BCUT2D eigenvalue weighted by atomic mass is 14.4. The van der Waals surface area contributed by atoms with Crippen LogP contribution in [-0.2, 0) is 0 Å². The van der Waals surface area contributed by atoms with Crippen molar-refractivity contribution >= 4 is 0 Å². The highest BCUT2D eigenvalue weighted by Crippen LogP contribution is 2.44. The summed E-state index contributed by atoms with van der Waals surface area (Å²) in [7, 11) is 0. The molecule has 13 heavy (non-hydrogen) atoms. The van der Waals surface area contributed by atoms with E-state index in [9.17, 15) is 0 Å². The normalized spacial score (nSPS) is 42.5. The highest BCUT2D eigenvalue weighted by Gasteiger charge is 2.33. The predicted octanol–water partition coefficient (Wildman–Crippen LogP) is 4.25. The van der Waals surface area contributed by atoms with E-state index < -0.39 is 0 Å². The molecule has 2 atom stereocenters. The van der Waals surface area contributed by atoms with Crippen molar-refractivity contribution in [1.82, 2.24) is 0 Å². The van der Waals surface area contributed by atoms with Gasteiger partial charge in [-0.15, -0.1) is 0 Å². The smallest absolute Gasteiger partial charge is 0.0381 e. The van der Waals surface area contributed by atoms with E-state index in [0.717, 1.165) is 23.7 Å². The average molecular weight is 180 g/mol. The summed E-state index contributed by atoms with van der Waals surface area (Å²) < 4.78 is 0. The predicted molar refractivity (Wildman–Crippen MR) is 57.6 cm³/mol. The van der Waals surface area contributed by atoms with Crippen molar-refractivity contribution in [2.24, 2.45) is 23.7 Å². The summed E-state index contributed by atoms with van der Waals surface area (Å²) in [5.74, 6) is 4.23. The molecule has 0 aromatic rings. The molecule has 0 N–H and O–H groups in total. The van der Waals surface area contributed by atoms with Gasteiger partial charge in [-0.2, -0.15) is 0 Å². The van der Waals surface area contributed by atoms with Crippen LogP contribution >= 0.6 is 0 Å². The van der Waals surface area contributed by atoms with E-state index in [2.05, 4.69) is 13.8 Å². The average Bonchev–Trinajstić information content (AvgIpc) is 2.49. The van der Waals surface area contributed by atoms with Crippen molar-refractivity contribution in [3.8, 4) is 0 Å². The largest absolute Gasteiger partial charge is 0.0622 e. The third-order valence-corrected chi connectivity index (χ3v) is 4.64. The molecule has 0 heteroatoms. The molecular formula is C13H24. The Kier molecular flexibility index (Phi) is 2.96. The van der Waals surface area contributed by atoms with Gasteiger partial charge in [-0.1, -0.05) is 46.0 Å². The van der Waals surface area contributed by atoms with Gasteiger partial charge in [0.2, 0.25) is 0 Å². The van der Waals surface area contributed by atoms with Crippen molar-refractivity contribution < 1.29 is 0 Å². The van der Waals surface area contributed by atoms with E-state index in [1.54, 1.807) is 12.8 Å². The lowest BCUT2D eigenvalue weighted by atomic mass is 9.79. The van der Waals surface area contributed by atoms with E-state index in [1.807, 2.05) is 0 Å². The van der Waals surface area contributed by atoms with Gasteiger partial charge >= 0.3 is 0 Å². The van der Waals surface area contributed by atoms with Gasteiger partial charge in [0.15, 0.2) is 0 Å². The summed E-state index contributed by atoms with van der Waals surface area (Å²) >= 11 is 0. The van der Waals surface area contributed by atoms with Crippen LogP contribution in [-0.4, -0.2) is 0 Å². The van der Waals surface area contributed by atoms with E-state index in [4.69, 9.17) is 0 Å². The SMILES string of the molecule is CC1CC(C2CCCCC2)CC1C. The van der Waals surface area contributed by atoms with Crippen molar-refractivity contribution in [3.05, 3.63) is 0 Å². The molecule has 0 aliphatic heterocycles. The second-order valence-electron chi connectivity index (χ2n) is 5.58. The molecule has 0 spiro atoms. The van der Waals surface area contributed by atoms with Gasteiger partial charge in [0.05, 0.1) is 0 Å². The van der Waals surface area contributed by atoms with Gasteiger partial charge < -0.3 is 0 Å². The van der Waals surface area contributed by atoms with E-state index in [-0.39, 0.29) is 0 Å². The fourth-order valence-electron chi connectivity index (χ4n) is 3.51. The fraction of sp³-hybridized carbons (Fsp3) is 1.00. The maximum Gasteiger partial charge on any atom is -0.0381 e. The van der Waals surface area contributed by atoms with Crippen LogP contribution < -0.4 is 0 Å². The van der Waals surface area contributed by atoms with Crippen LogP contribution in [0.3, 0.4) is 0 Å². The molecular weight excluding hydrogens is 156 g/mol. The fourth-order valence-corrected chi connectivity index (χ4v) is 3.51. The maximum absolute atomic E-state index is 2.45. The summed E-state index contributed by atoms with van der Waals surface area (Å²) in [6.07, 6.45) is 10.7. The minimum absolute atomic E-state index is 1.01. The van der Waals surface area contributed by atoms with Crippen LogP contribution in [0.1, 0.15) is 58.8 Å². The lowest BCUT2D eigenvalue weighted by molar-refractivity contribution is 0.245. The molecule has 0 amide bonds. The molecule has 2 saturated carbocycles. The molecule has 76 valence electrons. The first-order valence-corrected chi connectivity index (χ1v) is 6.27. The van der Waals surface area contributed by atoms with Crippen LogP contribution in [0.25, 0.3) is 0 Å². The van der Waals surface area contributed by atoms with E-state index >= 15 is 0 Å². The van der Waals surface area contributed by atoms with Crippen molar-refractivity contribution in [2.75, 3.05) is 0 Å². The third-order valence-electron chi connectivity index (χ3n) is 4.64. The molecule has 2 unspecified atom stereocenters. The van der Waals surface area contributed by atoms with Crippen molar-refractivity contribution in [3.63, 3.8) is 0 Å². The molecule has 2 rings (SSSR count). The molecule has 0 aromatic carbocycles. The molecule has 2 fully saturated rings. The van der Waals surface area contributed by atoms with Crippen molar-refractivity contribution in [1.29, 1.82) is 0 Å². The zero-order valence-corrected chi connectivity index (χ0v) is 9.26. The first-order valence-electron chi connectivity index (χ1n) is 6.27. The van der Waals surface area contributed by atoms with Gasteiger partial charge in [0.1, 0.15) is 0 Å². The maximum atomic E-state index is 2.45. The summed E-state index contributed by atoms with van der Waals surface area (Å²) in [5, 5.41) is 0. The molecule has 0 heterocycles. The van der Waals surface area contributed by atoms with Gasteiger partial charge in [-0.25, -0.2) is 0 Å². The Hall–Kier alpha value is 0. The summed E-state index contributed by atoms with van der Waals surface area (Å²) in [6.45, 7) is 4.90. The van der Waals surface area contributed by atoms with Gasteiger partial charge in [0, 0.05) is 0 Å². The minimum Gasteiger partial charge on any atom is -0.0622 e. The Morgan fingerprint density at radius 1 is 0.692 bits per heavy atom. The Labute approximate surface area is 83.1 Å². The lowest BCUT2D eigenvalue weighted by Crippen LogP contribution is -2.15. The van der Waals surface area contributed by atoms with Crippen LogP contribution in [0.15, 0.2) is 0 Å². The van der Waals surface area contributed by atoms with E-state index in [0.29, 0.717) is 0 Å². The van der Waals surface area contributed by atoms with Crippen LogP contribution in [0, 0.1) is 23.7 Å². The number of hydrogen-bond acceptors (Lipinski definition) is 0. The molecule has 0 nitrogen and oxygen atoms in total. The Balaban J connectivity index is 1.87. The minimum atomic E-state index is 1.01. The topological polar surface area (TPSA) is 0 Å². The standard InChI is InChI=1S/C13H24/c1-10-8-13(9-11(10)2)12-6-4-3-5-7-12/h10-13H,3-9H2,1-2H3. The van der Waals surface area contributed by atoms with Crippen LogP contribution in [0.4, 0.5) is 0 Å². The van der Waals surface area contributed by atoms with Crippen LogP contribution in [0.5, 0.6) is 0 Å². The third kappa shape index (κ3) is 2.08. The monoisotopic (exact) mass is 180 g/mol. The first kappa shape index (κ1) is 9.55. The van der Waals surface area contributed by atoms with Gasteiger partial charge in [0.25, 0.3) is 0 Å². The quantitative estimate of drug-likeness (QED) is 0.566. The molecule has 0 aromatic heterocycles. The van der Waals surface area contributed by atoms with Gasteiger partial charge in [-0.3, -0.25) is 0 Å². The highest BCUT2D eigenvalue weighted by molar-refractivity contribution is 4.84. The summed E-state index contributed by atoms with van der Waals surface area (Å²) in [6, 6.07) is 0. The Bertz CT molecular complexity index is 145. The Morgan fingerprint density at radius 2 is 1.23 bits per heavy atom. The second-order valence-corrected chi connectivity index (χ2v) is 5.58. The second kappa shape index (κ2) is 4.02. The lowest BCUT2D eigenvalue weighted by Gasteiger charge is -2.27. The van der Waals surface area contributed by atoms with Crippen molar-refractivity contribution in [2.45, 2.75) is 58.8 Å². The van der Waals surface area contributed by atoms with E-state index in [1.165, 1.54) is 32.1 Å². The number of rotatable bonds is 1. The Morgan fingerprint density at radius 3 is 1.77 bits per heavy atom.